The first-order chi connectivity index (χ1) is 13.6. The Kier molecular flexibility index (Phi) is 4.74. The Balaban J connectivity index is 1.71. The van der Waals surface area contributed by atoms with Gasteiger partial charge in [0.05, 0.1) is 23.7 Å². The maximum absolute atomic E-state index is 12.6. The molecule has 6 nitrogen and oxygen atoms in total. The number of ether oxygens (including phenoxy) is 1. The molecule has 0 saturated carbocycles. The number of hydrogen-bond acceptors (Lipinski definition) is 5. The van der Waals surface area contributed by atoms with Crippen molar-refractivity contribution in [1.29, 1.82) is 0 Å². The Labute approximate surface area is 162 Å². The highest BCUT2D eigenvalue weighted by Crippen LogP contribution is 2.42. The van der Waals surface area contributed by atoms with Crippen molar-refractivity contribution in [3.05, 3.63) is 66.4 Å². The van der Waals surface area contributed by atoms with Gasteiger partial charge in [0.2, 0.25) is 5.82 Å². The van der Waals surface area contributed by atoms with Gasteiger partial charge in [-0.2, -0.15) is 0 Å². The number of hydroxylamine groups is 2. The Bertz CT molecular complexity index is 1060. The summed E-state index contributed by atoms with van der Waals surface area (Å²) >= 11 is 0. The molecule has 2 heterocycles. The lowest BCUT2D eigenvalue weighted by molar-refractivity contribution is -0.171. The van der Waals surface area contributed by atoms with Gasteiger partial charge in [-0.1, -0.05) is 36.4 Å². The van der Waals surface area contributed by atoms with E-state index >= 15 is 0 Å². The van der Waals surface area contributed by atoms with Crippen LogP contribution in [0.2, 0.25) is 0 Å². The van der Waals surface area contributed by atoms with Gasteiger partial charge in [-0.05, 0) is 38.1 Å². The Hall–Kier alpha value is -3.34. The van der Waals surface area contributed by atoms with Gasteiger partial charge in [0.25, 0.3) is 0 Å². The largest absolute Gasteiger partial charge is 0.426 e. The summed E-state index contributed by atoms with van der Waals surface area (Å²) in [5, 5.41) is 2.46. The number of hydrogen-bond donors (Lipinski definition) is 0. The van der Waals surface area contributed by atoms with E-state index in [-0.39, 0.29) is 18.3 Å². The highest BCUT2D eigenvalue weighted by Gasteiger charge is 2.39. The summed E-state index contributed by atoms with van der Waals surface area (Å²) < 4.78 is 7.25. The molecule has 4 rings (SSSR count). The number of esters is 1. The average Bonchev–Trinajstić information content (AvgIpc) is 3.17. The molecule has 0 aliphatic carbocycles. The molecule has 3 aromatic rings. The van der Waals surface area contributed by atoms with Crippen molar-refractivity contribution in [3.63, 3.8) is 0 Å². The molecule has 0 radical (unpaired) electrons. The third-order valence-corrected chi connectivity index (χ3v) is 4.53. The van der Waals surface area contributed by atoms with Crippen molar-refractivity contribution >= 4 is 28.6 Å². The van der Waals surface area contributed by atoms with Gasteiger partial charge >= 0.3 is 5.97 Å². The SMILES string of the molecule is CC(C)ON1C(=C=O)n2c(cc3ccccc32)C1CC(=O)Oc1ccccc1. The van der Waals surface area contributed by atoms with Crippen LogP contribution >= 0.6 is 0 Å². The van der Waals surface area contributed by atoms with Crippen LogP contribution in [0.1, 0.15) is 32.0 Å². The first kappa shape index (κ1) is 18.0. The zero-order valence-corrected chi connectivity index (χ0v) is 15.7. The number of carbonyl (C=O) groups excluding carboxylic acids is 2. The van der Waals surface area contributed by atoms with Gasteiger partial charge in [-0.15, -0.1) is 0 Å². The number of aromatic nitrogens is 1. The van der Waals surface area contributed by atoms with Crippen molar-refractivity contribution in [2.75, 3.05) is 0 Å². The quantitative estimate of drug-likeness (QED) is 0.383. The van der Waals surface area contributed by atoms with Crippen LogP contribution in [-0.2, 0) is 14.4 Å². The zero-order chi connectivity index (χ0) is 19.7. The number of rotatable bonds is 5. The van der Waals surface area contributed by atoms with Crippen molar-refractivity contribution < 1.29 is 19.2 Å². The lowest BCUT2D eigenvalue weighted by atomic mass is 10.1. The third-order valence-electron chi connectivity index (χ3n) is 4.53. The van der Waals surface area contributed by atoms with Gasteiger partial charge < -0.3 is 4.74 Å². The van der Waals surface area contributed by atoms with Crippen LogP contribution in [0.15, 0.2) is 60.7 Å². The minimum Gasteiger partial charge on any atom is -0.426 e. The van der Waals surface area contributed by atoms with E-state index in [4.69, 9.17) is 9.57 Å². The standard InChI is InChI=1S/C22H20N2O4/c1-15(2)28-24-20(13-22(26)27-17-9-4-3-5-10-17)19-12-16-8-6-7-11-18(16)23(19)21(24)14-25/h3-12,15,20H,13H2,1-2H3. The Morgan fingerprint density at radius 2 is 1.82 bits per heavy atom. The highest BCUT2D eigenvalue weighted by molar-refractivity contribution is 5.91. The van der Waals surface area contributed by atoms with Gasteiger partial charge in [-0.25, -0.2) is 9.86 Å². The summed E-state index contributed by atoms with van der Waals surface area (Å²) in [5.74, 6) is 2.30. The van der Waals surface area contributed by atoms with E-state index in [0.29, 0.717) is 5.75 Å². The lowest BCUT2D eigenvalue weighted by Crippen LogP contribution is -2.28. The van der Waals surface area contributed by atoms with Crippen molar-refractivity contribution in [2.45, 2.75) is 32.4 Å². The van der Waals surface area contributed by atoms with Crippen LogP contribution in [0, 0.1) is 0 Å². The molecule has 6 heteroatoms. The number of carbonyl (C=O) groups is 1. The van der Waals surface area contributed by atoms with Gasteiger partial charge in [0.1, 0.15) is 11.8 Å². The minimum atomic E-state index is -0.484. The van der Waals surface area contributed by atoms with Gasteiger partial charge in [-0.3, -0.25) is 14.2 Å². The summed E-state index contributed by atoms with van der Waals surface area (Å²) in [6.45, 7) is 3.74. The van der Waals surface area contributed by atoms with E-state index in [2.05, 4.69) is 0 Å². The number of benzene rings is 2. The maximum atomic E-state index is 12.6. The van der Waals surface area contributed by atoms with E-state index in [1.807, 2.05) is 56.2 Å². The molecule has 0 bridgehead atoms. The topological polar surface area (TPSA) is 60.8 Å². The van der Waals surface area contributed by atoms with Crippen LogP contribution in [0.25, 0.3) is 16.7 Å². The fraction of sp³-hybridized carbons (Fsp3) is 0.227. The second-order valence-electron chi connectivity index (χ2n) is 6.88. The van der Waals surface area contributed by atoms with Gasteiger partial charge in [0, 0.05) is 5.39 Å². The minimum absolute atomic E-state index is 0.0309. The predicted octanol–water partition coefficient (Wildman–Crippen LogP) is 3.96. The second kappa shape index (κ2) is 7.35. The monoisotopic (exact) mass is 376 g/mol. The average molecular weight is 376 g/mol. The molecule has 1 unspecified atom stereocenters. The zero-order valence-electron chi connectivity index (χ0n) is 15.7. The van der Waals surface area contributed by atoms with Crippen LogP contribution in [0.3, 0.4) is 0 Å². The third kappa shape index (κ3) is 3.20. The van der Waals surface area contributed by atoms with E-state index in [1.165, 1.54) is 5.06 Å². The normalized spacial score (nSPS) is 15.8. The first-order valence-corrected chi connectivity index (χ1v) is 9.16. The molecule has 0 fully saturated rings. The summed E-state index contributed by atoms with van der Waals surface area (Å²) in [5.41, 5.74) is 1.66. The molecular weight excluding hydrogens is 356 g/mol. The summed E-state index contributed by atoms with van der Waals surface area (Å²) in [6, 6.07) is 18.1. The van der Waals surface area contributed by atoms with Crippen molar-refractivity contribution in [1.82, 2.24) is 9.63 Å². The van der Waals surface area contributed by atoms with E-state index in [0.717, 1.165) is 16.6 Å². The molecule has 28 heavy (non-hydrogen) atoms. The predicted molar refractivity (Wildman–Crippen MR) is 105 cm³/mol. The molecule has 0 amide bonds. The number of para-hydroxylation sites is 2. The Morgan fingerprint density at radius 1 is 1.11 bits per heavy atom. The van der Waals surface area contributed by atoms with Crippen LogP contribution in [-0.4, -0.2) is 27.6 Å². The highest BCUT2D eigenvalue weighted by atomic mass is 16.7. The van der Waals surface area contributed by atoms with E-state index in [1.54, 1.807) is 28.8 Å². The number of nitrogens with zero attached hydrogens (tertiary/aromatic N) is 2. The van der Waals surface area contributed by atoms with E-state index < -0.39 is 12.0 Å². The van der Waals surface area contributed by atoms with Crippen LogP contribution in [0.5, 0.6) is 5.75 Å². The second-order valence-corrected chi connectivity index (χ2v) is 6.88. The molecule has 1 atom stereocenters. The molecule has 1 aliphatic heterocycles. The molecule has 0 N–H and O–H groups in total. The summed E-state index contributed by atoms with van der Waals surface area (Å²) in [4.78, 5) is 30.3. The molecule has 142 valence electrons. The first-order valence-electron chi connectivity index (χ1n) is 9.16. The Morgan fingerprint density at radius 3 is 2.54 bits per heavy atom. The van der Waals surface area contributed by atoms with Crippen LogP contribution in [0.4, 0.5) is 0 Å². The smallest absolute Gasteiger partial charge is 0.313 e. The molecule has 1 aliphatic rings. The fourth-order valence-corrected chi connectivity index (χ4v) is 3.47. The van der Waals surface area contributed by atoms with Crippen LogP contribution < -0.4 is 4.74 Å². The molecule has 0 spiro atoms. The molecule has 0 saturated heterocycles. The van der Waals surface area contributed by atoms with E-state index in [9.17, 15) is 9.59 Å². The molecule has 2 aromatic carbocycles. The van der Waals surface area contributed by atoms with Crippen molar-refractivity contribution in [2.24, 2.45) is 0 Å². The fourth-order valence-electron chi connectivity index (χ4n) is 3.47. The lowest BCUT2D eigenvalue weighted by Gasteiger charge is -2.26. The molecular formula is C22H20N2O4. The molecule has 1 aromatic heterocycles. The number of fused-ring (bicyclic) bond motifs is 3. The maximum Gasteiger partial charge on any atom is 0.313 e. The van der Waals surface area contributed by atoms with Crippen molar-refractivity contribution in [3.8, 4) is 5.75 Å². The summed E-state index contributed by atoms with van der Waals surface area (Å²) in [7, 11) is 0. The van der Waals surface area contributed by atoms with Gasteiger partial charge in [0.15, 0.2) is 5.94 Å². The summed E-state index contributed by atoms with van der Waals surface area (Å²) in [6.07, 6.45) is -0.143.